The molecule has 6 amide bonds. The van der Waals surface area contributed by atoms with Crippen LogP contribution in [0.5, 0.6) is 23.0 Å². The maximum atomic E-state index is 14.4. The van der Waals surface area contributed by atoms with Crippen LogP contribution < -0.4 is 9.47 Å². The largest absolute Gasteiger partial charge is 0.457 e. The van der Waals surface area contributed by atoms with Crippen LogP contribution in [0.15, 0.2) is 97.1 Å². The fourth-order valence-electron chi connectivity index (χ4n) is 17.1. The van der Waals surface area contributed by atoms with Crippen molar-refractivity contribution >= 4 is 35.4 Å². The normalized spacial score (nSPS) is 18.8. The molecular weight excluding hydrogens is 1180 g/mol. The van der Waals surface area contributed by atoms with Crippen LogP contribution >= 0.6 is 0 Å². The lowest BCUT2D eigenvalue weighted by Gasteiger charge is -2.49. The highest BCUT2D eigenvalue weighted by Gasteiger charge is 2.55. The van der Waals surface area contributed by atoms with E-state index in [-0.39, 0.29) is 34.8 Å². The van der Waals surface area contributed by atoms with Crippen LogP contribution in [-0.2, 0) is 15.0 Å². The van der Waals surface area contributed by atoms with Gasteiger partial charge in [0.05, 0.1) is 33.8 Å². The van der Waals surface area contributed by atoms with Crippen molar-refractivity contribution < 1.29 is 38.2 Å². The fraction of sp³-hybridized carbons (Fsp3) is 0.619. The number of hydrogen-bond donors (Lipinski definition) is 0. The van der Waals surface area contributed by atoms with Crippen LogP contribution in [-0.4, -0.2) is 68.3 Å². The Morgan fingerprint density at radius 3 is 1.22 bits per heavy atom. The van der Waals surface area contributed by atoms with E-state index in [1.165, 1.54) is 194 Å². The minimum absolute atomic E-state index is 0.153. The molecule has 95 heavy (non-hydrogen) atoms. The molecule has 1 fully saturated rings. The molecule has 0 aromatic heterocycles. The van der Waals surface area contributed by atoms with Crippen molar-refractivity contribution in [3.63, 3.8) is 0 Å². The molecule has 1 aliphatic carbocycles. The summed E-state index contributed by atoms with van der Waals surface area (Å²) in [5.74, 6) is 3.42. The Bertz CT molecular complexity index is 3160. The maximum absolute atomic E-state index is 14.4. The summed E-state index contributed by atoms with van der Waals surface area (Å²) in [5.41, 5.74) is 1.72. The van der Waals surface area contributed by atoms with Gasteiger partial charge in [-0.25, -0.2) is 0 Å². The van der Waals surface area contributed by atoms with Crippen LogP contribution in [0.4, 0.5) is 0 Å². The highest BCUT2D eigenvalue weighted by Crippen LogP contribution is 2.49. The first kappa shape index (κ1) is 74.4. The first-order chi connectivity index (χ1) is 45.9. The lowest BCUT2D eigenvalue weighted by Crippen LogP contribution is -2.65. The zero-order chi connectivity index (χ0) is 68.1. The van der Waals surface area contributed by atoms with Gasteiger partial charge < -0.3 is 9.47 Å². The summed E-state index contributed by atoms with van der Waals surface area (Å²) < 4.78 is 12.6. The van der Waals surface area contributed by atoms with Crippen molar-refractivity contribution in [3.8, 4) is 23.0 Å². The Morgan fingerprint density at radius 2 is 0.779 bits per heavy atom. The second kappa shape index (κ2) is 36.3. The summed E-state index contributed by atoms with van der Waals surface area (Å²) in [6.07, 6.45) is 44.0. The standard InChI is InChI=1S/C84H119N3O8/c1-11-17-20-23-25-30-35-40-71-62(42-41-61(37-32-22-19-13-3)70(71)39-34-29-24-21-18-12-2)38-33-28-26-27-31-36-57-85-79(90)72-53-51-67(58-74(72)80(85)91)94-65-47-43-63(44-48-65)83(7,8)64-45-49-66(50-46-64)95-68-52-54-73-75(59-68)82(93)87(81(73)92)84(9,10)78(69(16-6)60(14-4)15-5)86-76(88)55-56-77(86)89/h43-56,58-62,69-71,78H,11-42,57H2,1-10H3. The summed E-state index contributed by atoms with van der Waals surface area (Å²) in [6.45, 7) is 21.5. The van der Waals surface area contributed by atoms with Gasteiger partial charge >= 0.3 is 0 Å². The van der Waals surface area contributed by atoms with Crippen LogP contribution in [0, 0.1) is 35.5 Å². The van der Waals surface area contributed by atoms with Gasteiger partial charge in [0.1, 0.15) is 23.0 Å². The number of fused-ring (bicyclic) bond motifs is 2. The molecule has 11 heteroatoms. The predicted molar refractivity (Wildman–Crippen MR) is 385 cm³/mol. The van der Waals surface area contributed by atoms with Gasteiger partial charge in [-0.05, 0) is 153 Å². The van der Waals surface area contributed by atoms with Crippen LogP contribution in [0.2, 0.25) is 0 Å². The van der Waals surface area contributed by atoms with Gasteiger partial charge in [0, 0.05) is 24.1 Å². The number of unbranched alkanes of at least 4 members (excludes halogenated alkanes) is 19. The predicted octanol–water partition coefficient (Wildman–Crippen LogP) is 22.2. The number of nitrogens with zero attached hydrogens (tertiary/aromatic N) is 3. The number of carbonyl (C=O) groups is 6. The van der Waals surface area contributed by atoms with Gasteiger partial charge in [0.25, 0.3) is 35.4 Å². The molecule has 0 spiro atoms. The number of imide groups is 3. The third-order valence-electron chi connectivity index (χ3n) is 22.7. The lowest BCUT2D eigenvalue weighted by atomic mass is 9.61. The molecule has 0 N–H and O–H groups in total. The lowest BCUT2D eigenvalue weighted by molar-refractivity contribution is -0.145. The Kier molecular flexibility index (Phi) is 28.4. The van der Waals surface area contributed by atoms with Gasteiger partial charge in [-0.1, -0.05) is 253 Å². The molecule has 3 aliphatic heterocycles. The Labute approximate surface area is 572 Å². The second-order valence-corrected chi connectivity index (χ2v) is 29.8. The van der Waals surface area contributed by atoms with Gasteiger partial charge in [0.15, 0.2) is 0 Å². The number of rotatable bonds is 43. The van der Waals surface area contributed by atoms with E-state index < -0.39 is 40.6 Å². The van der Waals surface area contributed by atoms with E-state index in [2.05, 4.69) is 48.5 Å². The second-order valence-electron chi connectivity index (χ2n) is 29.8. The first-order valence-electron chi connectivity index (χ1n) is 38.1. The molecule has 0 bridgehead atoms. The Hall–Kier alpha value is -6.36. The van der Waals surface area contributed by atoms with Crippen LogP contribution in [0.25, 0.3) is 0 Å². The summed E-state index contributed by atoms with van der Waals surface area (Å²) in [5, 5.41) is 0. The summed E-state index contributed by atoms with van der Waals surface area (Å²) >= 11 is 0. The van der Waals surface area contributed by atoms with Crippen molar-refractivity contribution in [1.29, 1.82) is 0 Å². The zero-order valence-corrected chi connectivity index (χ0v) is 60.2. The monoisotopic (exact) mass is 1300 g/mol. The summed E-state index contributed by atoms with van der Waals surface area (Å²) in [6, 6.07) is 25.1. The van der Waals surface area contributed by atoms with Gasteiger partial charge in [-0.2, -0.15) is 0 Å². The third-order valence-corrected chi connectivity index (χ3v) is 22.7. The third kappa shape index (κ3) is 18.7. The average Bonchev–Trinajstić information content (AvgIpc) is 1.62. The van der Waals surface area contributed by atoms with E-state index >= 15 is 0 Å². The number of carbonyl (C=O) groups excluding carboxylic acids is 6. The minimum Gasteiger partial charge on any atom is -0.457 e. The Morgan fingerprint density at radius 1 is 0.411 bits per heavy atom. The van der Waals surface area contributed by atoms with E-state index in [9.17, 15) is 28.8 Å². The minimum atomic E-state index is -1.24. The Balaban J connectivity index is 0.799. The molecule has 4 aliphatic rings. The van der Waals surface area contributed by atoms with Crippen molar-refractivity contribution in [1.82, 2.24) is 14.7 Å². The number of benzene rings is 4. The van der Waals surface area contributed by atoms with E-state index in [0.29, 0.717) is 47.1 Å². The quantitative estimate of drug-likeness (QED) is 0.0316. The summed E-state index contributed by atoms with van der Waals surface area (Å²) in [4.78, 5) is 86.6. The zero-order valence-electron chi connectivity index (χ0n) is 60.2. The van der Waals surface area contributed by atoms with Crippen LogP contribution in [0.1, 0.15) is 327 Å². The SMILES string of the molecule is CCCCCCCCCC1C(CCCCCCCCN2C(=O)c3ccc(Oc4ccc(C(C)(C)c5ccc(Oc6ccc7c(c6)C(=O)N(C(C)(C)C(C(CC)C(CC)CC)N6C(=O)C=CC6=O)C7=O)cc5)cc4)cc3C2=O)CCC(CCCCCC)C1CCCCCCCC. The van der Waals surface area contributed by atoms with E-state index in [1.54, 1.807) is 50.2 Å². The van der Waals surface area contributed by atoms with Crippen molar-refractivity contribution in [2.45, 2.75) is 292 Å². The molecular formula is C84H119N3O8. The first-order valence-corrected chi connectivity index (χ1v) is 38.1. The number of hydrogen-bond acceptors (Lipinski definition) is 8. The maximum Gasteiger partial charge on any atom is 0.262 e. The average molecular weight is 1300 g/mol. The van der Waals surface area contributed by atoms with Crippen LogP contribution in [0.3, 0.4) is 0 Å². The molecule has 518 valence electrons. The highest BCUT2D eigenvalue weighted by atomic mass is 16.5. The fourth-order valence-corrected chi connectivity index (χ4v) is 17.1. The van der Waals surface area contributed by atoms with E-state index in [0.717, 1.165) is 66.9 Å². The molecule has 6 unspecified atom stereocenters. The van der Waals surface area contributed by atoms with Crippen molar-refractivity contribution in [2.75, 3.05) is 6.54 Å². The smallest absolute Gasteiger partial charge is 0.262 e. The van der Waals surface area contributed by atoms with E-state index in [1.807, 2.05) is 55.5 Å². The topological polar surface area (TPSA) is 131 Å². The molecule has 1 saturated carbocycles. The molecule has 0 radical (unpaired) electrons. The summed E-state index contributed by atoms with van der Waals surface area (Å²) in [7, 11) is 0. The molecule has 4 aromatic carbocycles. The van der Waals surface area contributed by atoms with Crippen molar-refractivity contribution in [3.05, 3.63) is 130 Å². The molecule has 0 saturated heterocycles. The highest BCUT2D eigenvalue weighted by molar-refractivity contribution is 6.23. The van der Waals surface area contributed by atoms with Gasteiger partial charge in [0.2, 0.25) is 0 Å². The molecule has 11 nitrogen and oxygen atoms in total. The number of ether oxygens (including phenoxy) is 2. The molecule has 3 heterocycles. The van der Waals surface area contributed by atoms with Gasteiger partial charge in [-0.3, -0.25) is 43.5 Å². The van der Waals surface area contributed by atoms with E-state index in [4.69, 9.17) is 9.47 Å². The molecule has 4 aromatic rings. The number of amides is 6. The van der Waals surface area contributed by atoms with Gasteiger partial charge in [-0.15, -0.1) is 0 Å². The molecule has 8 rings (SSSR count). The van der Waals surface area contributed by atoms with Crippen molar-refractivity contribution in [2.24, 2.45) is 35.5 Å². The molecule has 6 atom stereocenters.